The van der Waals surface area contributed by atoms with Crippen molar-refractivity contribution in [3.63, 3.8) is 0 Å². The molecule has 0 atom stereocenters. The van der Waals surface area contributed by atoms with E-state index in [2.05, 4.69) is 38.2 Å². The number of aromatic nitrogens is 2. The lowest BCUT2D eigenvalue weighted by atomic mass is 9.99. The van der Waals surface area contributed by atoms with E-state index >= 15 is 0 Å². The number of hydrogen-bond acceptors (Lipinski definition) is 4. The zero-order chi connectivity index (χ0) is 19.7. The van der Waals surface area contributed by atoms with Gasteiger partial charge in [0.05, 0.1) is 17.1 Å². The van der Waals surface area contributed by atoms with Gasteiger partial charge in [-0.25, -0.2) is 10.5 Å². The second-order valence-corrected chi connectivity index (χ2v) is 7.67. The quantitative estimate of drug-likeness (QED) is 0.534. The van der Waals surface area contributed by atoms with Crippen LogP contribution >= 0.6 is 0 Å². The fraction of sp³-hybridized carbons (Fsp3) is 0.348. The van der Waals surface area contributed by atoms with Gasteiger partial charge in [-0.1, -0.05) is 12.1 Å². The van der Waals surface area contributed by atoms with E-state index in [9.17, 15) is 0 Å². The molecule has 0 fully saturated rings. The van der Waals surface area contributed by atoms with E-state index < -0.39 is 0 Å². The Labute approximate surface area is 166 Å². The van der Waals surface area contributed by atoms with E-state index in [1.54, 1.807) is 5.01 Å². The van der Waals surface area contributed by atoms with Crippen LogP contribution in [0.2, 0.25) is 0 Å². The maximum atomic E-state index is 6.15. The number of ether oxygens (including phenoxy) is 1. The number of aryl methyl sites for hydroxylation is 4. The number of rotatable bonds is 5. The third-order valence-electron chi connectivity index (χ3n) is 5.55. The van der Waals surface area contributed by atoms with Crippen LogP contribution in [0, 0.1) is 13.8 Å². The predicted octanol–water partition coefficient (Wildman–Crippen LogP) is 4.26. The first-order valence-corrected chi connectivity index (χ1v) is 9.91. The van der Waals surface area contributed by atoms with Crippen molar-refractivity contribution in [1.29, 1.82) is 0 Å². The van der Waals surface area contributed by atoms with Gasteiger partial charge >= 0.3 is 0 Å². The number of nitrogens with two attached hydrogens (primary N) is 1. The van der Waals surface area contributed by atoms with Gasteiger partial charge in [0.25, 0.3) is 0 Å². The average molecular weight is 377 g/mol. The maximum absolute atomic E-state index is 6.15. The van der Waals surface area contributed by atoms with E-state index in [-0.39, 0.29) is 0 Å². The van der Waals surface area contributed by atoms with Crippen LogP contribution < -0.4 is 15.6 Å². The van der Waals surface area contributed by atoms with Gasteiger partial charge in [-0.15, -0.1) is 0 Å². The minimum Gasteiger partial charge on any atom is -0.489 e. The summed E-state index contributed by atoms with van der Waals surface area (Å²) in [6.45, 7) is 4.65. The van der Waals surface area contributed by atoms with Crippen molar-refractivity contribution in [1.82, 2.24) is 9.78 Å². The first-order valence-electron chi connectivity index (χ1n) is 9.91. The van der Waals surface area contributed by atoms with Crippen molar-refractivity contribution in [2.24, 2.45) is 5.84 Å². The topological polar surface area (TPSA) is 56.3 Å². The van der Waals surface area contributed by atoms with Gasteiger partial charge in [0.1, 0.15) is 12.4 Å². The Morgan fingerprint density at radius 2 is 1.93 bits per heavy atom. The maximum Gasteiger partial charge on any atom is 0.122 e. The molecule has 5 heteroatoms. The van der Waals surface area contributed by atoms with E-state index in [0.29, 0.717) is 6.61 Å². The van der Waals surface area contributed by atoms with Gasteiger partial charge in [-0.3, -0.25) is 0 Å². The van der Waals surface area contributed by atoms with Gasteiger partial charge in [0.2, 0.25) is 0 Å². The van der Waals surface area contributed by atoms with Crippen LogP contribution in [0.25, 0.3) is 5.69 Å². The number of hydrogen-bond donors (Lipinski definition) is 1. The highest BCUT2D eigenvalue weighted by Gasteiger charge is 2.15. The number of fused-ring (bicyclic) bond motifs is 1. The highest BCUT2D eigenvalue weighted by atomic mass is 16.5. The Morgan fingerprint density at radius 3 is 2.68 bits per heavy atom. The third kappa shape index (κ3) is 3.62. The molecule has 2 N–H and O–H groups in total. The summed E-state index contributed by atoms with van der Waals surface area (Å²) in [5.41, 5.74) is 8.09. The van der Waals surface area contributed by atoms with Crippen molar-refractivity contribution >= 4 is 5.69 Å². The summed E-state index contributed by atoms with van der Waals surface area (Å²) in [6, 6.07) is 12.4. The lowest BCUT2D eigenvalue weighted by Gasteiger charge is -2.19. The van der Waals surface area contributed by atoms with Crippen molar-refractivity contribution in [3.8, 4) is 11.4 Å². The molecule has 0 spiro atoms. The molecule has 5 nitrogen and oxygen atoms in total. The highest BCUT2D eigenvalue weighted by Crippen LogP contribution is 2.27. The minimum atomic E-state index is 0.486. The lowest BCUT2D eigenvalue weighted by molar-refractivity contribution is 0.303. The second-order valence-electron chi connectivity index (χ2n) is 7.67. The summed E-state index contributed by atoms with van der Waals surface area (Å²) in [5, 5.41) is 6.42. The Morgan fingerprint density at radius 1 is 1.11 bits per heavy atom. The summed E-state index contributed by atoms with van der Waals surface area (Å²) < 4.78 is 8.16. The van der Waals surface area contributed by atoms with Crippen LogP contribution in [0.1, 0.15) is 40.8 Å². The molecule has 0 amide bonds. The minimum absolute atomic E-state index is 0.486. The van der Waals surface area contributed by atoms with Crippen LogP contribution in [-0.4, -0.2) is 16.8 Å². The SMILES string of the molecule is Cc1cc(-n2cc3c(n2)CCCC3)ccc1OCc1c(C)cccc1N(C)N. The van der Waals surface area contributed by atoms with Crippen molar-refractivity contribution in [2.45, 2.75) is 46.1 Å². The Kier molecular flexibility index (Phi) is 5.09. The Hall–Kier alpha value is -2.79. The first kappa shape index (κ1) is 18.6. The van der Waals surface area contributed by atoms with Gasteiger partial charge in [-0.2, -0.15) is 5.10 Å². The van der Waals surface area contributed by atoms with Gasteiger partial charge < -0.3 is 9.75 Å². The zero-order valence-electron chi connectivity index (χ0n) is 16.9. The van der Waals surface area contributed by atoms with Crippen molar-refractivity contribution < 1.29 is 4.74 Å². The summed E-state index contributed by atoms with van der Waals surface area (Å²) in [7, 11) is 1.85. The van der Waals surface area contributed by atoms with Crippen LogP contribution in [0.15, 0.2) is 42.6 Å². The molecule has 3 aromatic rings. The molecule has 0 saturated carbocycles. The Bertz CT molecular complexity index is 967. The zero-order valence-corrected chi connectivity index (χ0v) is 16.9. The number of anilines is 1. The summed E-state index contributed by atoms with van der Waals surface area (Å²) in [5.74, 6) is 6.86. The van der Waals surface area contributed by atoms with Crippen LogP contribution in [-0.2, 0) is 19.4 Å². The number of benzene rings is 2. The summed E-state index contributed by atoms with van der Waals surface area (Å²) in [6.07, 6.45) is 6.93. The molecule has 1 aliphatic carbocycles. The molecule has 0 aliphatic heterocycles. The van der Waals surface area contributed by atoms with Crippen LogP contribution in [0.3, 0.4) is 0 Å². The molecule has 4 rings (SSSR count). The lowest BCUT2D eigenvalue weighted by Crippen LogP contribution is -2.26. The summed E-state index contributed by atoms with van der Waals surface area (Å²) in [4.78, 5) is 0. The largest absolute Gasteiger partial charge is 0.489 e. The molecule has 2 aromatic carbocycles. The van der Waals surface area contributed by atoms with E-state index in [1.807, 2.05) is 29.9 Å². The van der Waals surface area contributed by atoms with E-state index in [0.717, 1.165) is 41.1 Å². The molecule has 146 valence electrons. The molecule has 0 bridgehead atoms. The monoisotopic (exact) mass is 376 g/mol. The van der Waals surface area contributed by atoms with E-state index in [1.165, 1.54) is 29.7 Å². The molecule has 1 heterocycles. The smallest absolute Gasteiger partial charge is 0.122 e. The second kappa shape index (κ2) is 7.68. The summed E-state index contributed by atoms with van der Waals surface area (Å²) >= 11 is 0. The Balaban J connectivity index is 1.54. The number of hydrazine groups is 1. The highest BCUT2D eigenvalue weighted by molar-refractivity contribution is 5.55. The standard InChI is InChI=1S/C23H28N4O/c1-16-7-6-10-22(26(3)24)20(16)15-28-23-12-11-19(13-17(23)2)27-14-18-8-4-5-9-21(18)25-27/h6-7,10-14H,4-5,8-9,15,24H2,1-3H3. The van der Waals surface area contributed by atoms with Gasteiger partial charge in [0, 0.05) is 18.8 Å². The third-order valence-corrected chi connectivity index (χ3v) is 5.55. The molecule has 1 aliphatic rings. The molecule has 0 radical (unpaired) electrons. The predicted molar refractivity (Wildman–Crippen MR) is 113 cm³/mol. The molecular weight excluding hydrogens is 348 g/mol. The molecule has 0 saturated heterocycles. The fourth-order valence-electron chi connectivity index (χ4n) is 3.90. The van der Waals surface area contributed by atoms with Crippen LogP contribution in [0.4, 0.5) is 5.69 Å². The van der Waals surface area contributed by atoms with Gasteiger partial charge in [0.15, 0.2) is 0 Å². The number of nitrogens with zero attached hydrogens (tertiary/aromatic N) is 3. The molecule has 28 heavy (non-hydrogen) atoms. The molecular formula is C23H28N4O. The normalized spacial score (nSPS) is 13.3. The van der Waals surface area contributed by atoms with Crippen LogP contribution in [0.5, 0.6) is 5.75 Å². The molecule has 1 aromatic heterocycles. The van der Waals surface area contributed by atoms with Gasteiger partial charge in [-0.05, 0) is 80.5 Å². The van der Waals surface area contributed by atoms with E-state index in [4.69, 9.17) is 15.7 Å². The average Bonchev–Trinajstić information content (AvgIpc) is 3.12. The van der Waals surface area contributed by atoms with Crippen molar-refractivity contribution in [3.05, 3.63) is 70.5 Å². The fourth-order valence-corrected chi connectivity index (χ4v) is 3.90. The molecule has 0 unspecified atom stereocenters. The van der Waals surface area contributed by atoms with Crippen molar-refractivity contribution in [2.75, 3.05) is 12.1 Å². The first-order chi connectivity index (χ1) is 13.5.